The highest BCUT2D eigenvalue weighted by atomic mass is 16.1. The summed E-state index contributed by atoms with van der Waals surface area (Å²) in [7, 11) is 0. The van der Waals surface area contributed by atoms with Gasteiger partial charge in [-0.2, -0.15) is 5.10 Å². The first-order valence-electron chi connectivity index (χ1n) is 7.35. The normalized spacial score (nSPS) is 11.1. The Labute approximate surface area is 125 Å². The van der Waals surface area contributed by atoms with Crippen LogP contribution < -0.4 is 10.7 Å². The van der Waals surface area contributed by atoms with E-state index in [0.29, 0.717) is 18.2 Å². The Morgan fingerprint density at radius 2 is 1.95 bits per heavy atom. The van der Waals surface area contributed by atoms with E-state index in [9.17, 15) is 4.79 Å². The SMILES string of the molecule is Cc1ccccc1-n1nc(CNCC(C)C)c(=O)cc1C. The standard InChI is InChI=1S/C17H23N3O/c1-12(2)10-18-11-15-17(21)9-14(4)20(19-15)16-8-6-5-7-13(16)3/h5-9,12,18H,10-11H2,1-4H3. The predicted molar refractivity (Wildman–Crippen MR) is 85.9 cm³/mol. The average molecular weight is 285 g/mol. The fourth-order valence-electron chi connectivity index (χ4n) is 2.23. The van der Waals surface area contributed by atoms with Gasteiger partial charge in [-0.15, -0.1) is 0 Å². The van der Waals surface area contributed by atoms with Gasteiger partial charge in [-0.3, -0.25) is 4.79 Å². The molecule has 112 valence electrons. The van der Waals surface area contributed by atoms with E-state index in [1.54, 1.807) is 6.07 Å². The van der Waals surface area contributed by atoms with Gasteiger partial charge in [0.05, 0.1) is 5.69 Å². The summed E-state index contributed by atoms with van der Waals surface area (Å²) >= 11 is 0. The minimum Gasteiger partial charge on any atom is -0.311 e. The first-order valence-corrected chi connectivity index (χ1v) is 7.35. The van der Waals surface area contributed by atoms with Crippen LogP contribution in [-0.4, -0.2) is 16.3 Å². The Kier molecular flexibility index (Phi) is 4.91. The molecule has 2 rings (SSSR count). The molecule has 0 saturated carbocycles. The minimum atomic E-state index is -0.00593. The number of aromatic nitrogens is 2. The van der Waals surface area contributed by atoms with Gasteiger partial charge in [-0.25, -0.2) is 4.68 Å². The Hall–Kier alpha value is -1.94. The number of rotatable bonds is 5. The summed E-state index contributed by atoms with van der Waals surface area (Å²) in [6.45, 7) is 9.61. The van der Waals surface area contributed by atoms with Crippen LogP contribution in [0.1, 0.15) is 30.8 Å². The van der Waals surface area contributed by atoms with Crippen LogP contribution in [0.4, 0.5) is 0 Å². The van der Waals surface area contributed by atoms with E-state index in [1.165, 1.54) is 0 Å². The molecule has 0 spiro atoms. The molecule has 21 heavy (non-hydrogen) atoms. The zero-order valence-corrected chi connectivity index (χ0v) is 13.2. The van der Waals surface area contributed by atoms with Crippen LogP contribution in [0.15, 0.2) is 35.1 Å². The Balaban J connectivity index is 2.35. The molecule has 0 saturated heterocycles. The summed E-state index contributed by atoms with van der Waals surface area (Å²) in [5.41, 5.74) is 3.55. The molecule has 1 N–H and O–H groups in total. The van der Waals surface area contributed by atoms with E-state index in [0.717, 1.165) is 23.5 Å². The van der Waals surface area contributed by atoms with Crippen LogP contribution in [0, 0.1) is 19.8 Å². The predicted octanol–water partition coefficient (Wildman–Crippen LogP) is 2.59. The summed E-state index contributed by atoms with van der Waals surface area (Å²) in [6.07, 6.45) is 0. The van der Waals surface area contributed by atoms with Gasteiger partial charge in [0.25, 0.3) is 0 Å². The van der Waals surface area contributed by atoms with E-state index >= 15 is 0 Å². The quantitative estimate of drug-likeness (QED) is 0.918. The van der Waals surface area contributed by atoms with Crippen LogP contribution in [0.5, 0.6) is 0 Å². The van der Waals surface area contributed by atoms with Crippen LogP contribution in [0.3, 0.4) is 0 Å². The van der Waals surface area contributed by atoms with E-state index < -0.39 is 0 Å². The highest BCUT2D eigenvalue weighted by Crippen LogP contribution is 2.13. The van der Waals surface area contributed by atoms with Gasteiger partial charge in [-0.1, -0.05) is 32.0 Å². The summed E-state index contributed by atoms with van der Waals surface area (Å²) in [4.78, 5) is 12.1. The molecule has 4 heteroatoms. The van der Waals surface area contributed by atoms with Crippen LogP contribution in [0.2, 0.25) is 0 Å². The number of hydrogen-bond donors (Lipinski definition) is 1. The number of hydrogen-bond acceptors (Lipinski definition) is 3. The second kappa shape index (κ2) is 6.68. The van der Waals surface area contributed by atoms with Gasteiger partial charge >= 0.3 is 0 Å². The molecule has 4 nitrogen and oxygen atoms in total. The smallest absolute Gasteiger partial charge is 0.204 e. The molecular weight excluding hydrogens is 262 g/mol. The highest BCUT2D eigenvalue weighted by Gasteiger charge is 2.09. The van der Waals surface area contributed by atoms with Gasteiger partial charge in [0.1, 0.15) is 5.69 Å². The maximum atomic E-state index is 12.1. The summed E-state index contributed by atoms with van der Waals surface area (Å²) in [6, 6.07) is 9.71. The Bertz CT molecular complexity index is 674. The molecule has 0 amide bonds. The molecule has 1 aromatic carbocycles. The van der Waals surface area contributed by atoms with Gasteiger partial charge in [0, 0.05) is 18.3 Å². The van der Waals surface area contributed by atoms with Crippen molar-refractivity contribution in [2.45, 2.75) is 34.2 Å². The zero-order valence-electron chi connectivity index (χ0n) is 13.2. The third-order valence-corrected chi connectivity index (χ3v) is 3.37. The largest absolute Gasteiger partial charge is 0.311 e. The van der Waals surface area contributed by atoms with Crippen molar-refractivity contribution in [2.24, 2.45) is 5.92 Å². The first-order chi connectivity index (χ1) is 9.99. The summed E-state index contributed by atoms with van der Waals surface area (Å²) < 4.78 is 1.85. The Morgan fingerprint density at radius 3 is 2.62 bits per heavy atom. The summed E-state index contributed by atoms with van der Waals surface area (Å²) in [5, 5.41) is 7.82. The van der Waals surface area contributed by atoms with Crippen molar-refractivity contribution < 1.29 is 0 Å². The number of nitrogens with zero attached hydrogens (tertiary/aromatic N) is 2. The van der Waals surface area contributed by atoms with Crippen molar-refractivity contribution >= 4 is 0 Å². The Morgan fingerprint density at radius 1 is 1.24 bits per heavy atom. The fourth-order valence-corrected chi connectivity index (χ4v) is 2.23. The lowest BCUT2D eigenvalue weighted by Gasteiger charge is -2.14. The number of benzene rings is 1. The lowest BCUT2D eigenvalue weighted by molar-refractivity contribution is 0.541. The third kappa shape index (κ3) is 3.79. The minimum absolute atomic E-state index is 0.00593. The molecular formula is C17H23N3O. The van der Waals surface area contributed by atoms with Crippen molar-refractivity contribution in [2.75, 3.05) is 6.54 Å². The van der Waals surface area contributed by atoms with Crippen LogP contribution >= 0.6 is 0 Å². The number of aryl methyl sites for hydroxylation is 2. The molecule has 1 aromatic heterocycles. The van der Waals surface area contributed by atoms with Gasteiger partial charge in [-0.05, 0) is 37.9 Å². The molecule has 0 aliphatic rings. The van der Waals surface area contributed by atoms with Crippen molar-refractivity contribution in [3.05, 3.63) is 57.5 Å². The second-order valence-electron chi connectivity index (χ2n) is 5.82. The highest BCUT2D eigenvalue weighted by molar-refractivity contribution is 5.40. The summed E-state index contributed by atoms with van der Waals surface area (Å²) in [5.74, 6) is 0.550. The molecule has 0 aliphatic carbocycles. The second-order valence-corrected chi connectivity index (χ2v) is 5.82. The van der Waals surface area contributed by atoms with Gasteiger partial charge in [0.15, 0.2) is 0 Å². The van der Waals surface area contributed by atoms with Crippen molar-refractivity contribution in [1.29, 1.82) is 0 Å². The van der Waals surface area contributed by atoms with Crippen LogP contribution in [0.25, 0.3) is 5.69 Å². The van der Waals surface area contributed by atoms with Crippen molar-refractivity contribution in [1.82, 2.24) is 15.1 Å². The fraction of sp³-hybridized carbons (Fsp3) is 0.412. The molecule has 1 heterocycles. The third-order valence-electron chi connectivity index (χ3n) is 3.37. The molecule has 0 radical (unpaired) electrons. The maximum Gasteiger partial charge on any atom is 0.204 e. The molecule has 0 fully saturated rings. The molecule has 0 bridgehead atoms. The number of para-hydroxylation sites is 1. The molecule has 0 aliphatic heterocycles. The van der Waals surface area contributed by atoms with Crippen LogP contribution in [-0.2, 0) is 6.54 Å². The lowest BCUT2D eigenvalue weighted by atomic mass is 10.2. The maximum absolute atomic E-state index is 12.1. The molecule has 0 atom stereocenters. The van der Waals surface area contributed by atoms with Gasteiger partial charge < -0.3 is 5.32 Å². The van der Waals surface area contributed by atoms with Gasteiger partial charge in [0.2, 0.25) is 5.43 Å². The first kappa shape index (κ1) is 15.4. The zero-order chi connectivity index (χ0) is 15.4. The topological polar surface area (TPSA) is 46.9 Å². The molecule has 2 aromatic rings. The van der Waals surface area contributed by atoms with E-state index in [-0.39, 0.29) is 5.43 Å². The monoisotopic (exact) mass is 285 g/mol. The van der Waals surface area contributed by atoms with Crippen molar-refractivity contribution in [3.8, 4) is 5.69 Å². The van der Waals surface area contributed by atoms with E-state index in [2.05, 4.69) is 24.3 Å². The average Bonchev–Trinajstić information content (AvgIpc) is 2.42. The lowest BCUT2D eigenvalue weighted by Crippen LogP contribution is -2.26. The van der Waals surface area contributed by atoms with Crippen molar-refractivity contribution in [3.63, 3.8) is 0 Å². The number of nitrogens with one attached hydrogen (secondary N) is 1. The molecule has 0 unspecified atom stereocenters. The van der Waals surface area contributed by atoms with E-state index in [4.69, 9.17) is 0 Å². The van der Waals surface area contributed by atoms with E-state index in [1.807, 2.05) is 42.8 Å².